The fourth-order valence-electron chi connectivity index (χ4n) is 1.98. The van der Waals surface area contributed by atoms with E-state index in [2.05, 4.69) is 14.8 Å². The number of hydrogen-bond donors (Lipinski definition) is 2. The molecule has 110 valence electrons. The standard InChI is InChI=1S/C11H17N5O2S2/c1-8-11(9(2)16(15-8)4-3-12)20(17,18)14-5-10-6-19-7-13-10/h6-7,14H,3-5,12H2,1-2H3. The van der Waals surface area contributed by atoms with E-state index >= 15 is 0 Å². The minimum atomic E-state index is -3.60. The molecule has 0 aliphatic heterocycles. The van der Waals surface area contributed by atoms with E-state index < -0.39 is 10.0 Å². The minimum Gasteiger partial charge on any atom is -0.329 e. The molecule has 0 spiro atoms. The molecule has 0 fully saturated rings. The third-order valence-corrected chi connectivity index (χ3v) is 5.14. The molecule has 20 heavy (non-hydrogen) atoms. The summed E-state index contributed by atoms with van der Waals surface area (Å²) in [7, 11) is -3.60. The van der Waals surface area contributed by atoms with Crippen LogP contribution in [0.15, 0.2) is 15.8 Å². The summed E-state index contributed by atoms with van der Waals surface area (Å²) in [5, 5.41) is 6.02. The average Bonchev–Trinajstić information content (AvgIpc) is 2.97. The summed E-state index contributed by atoms with van der Waals surface area (Å²) in [5.74, 6) is 0. The van der Waals surface area contributed by atoms with Crippen molar-refractivity contribution in [2.24, 2.45) is 5.73 Å². The Morgan fingerprint density at radius 2 is 2.20 bits per heavy atom. The highest BCUT2D eigenvalue weighted by Crippen LogP contribution is 2.19. The average molecular weight is 315 g/mol. The number of sulfonamides is 1. The third kappa shape index (κ3) is 3.06. The number of nitrogens with two attached hydrogens (primary N) is 1. The van der Waals surface area contributed by atoms with Crippen LogP contribution < -0.4 is 10.5 Å². The molecule has 9 heteroatoms. The Labute approximate surface area is 121 Å². The summed E-state index contributed by atoms with van der Waals surface area (Å²) >= 11 is 1.43. The zero-order chi connectivity index (χ0) is 14.8. The van der Waals surface area contributed by atoms with Crippen molar-refractivity contribution in [1.82, 2.24) is 19.5 Å². The molecule has 0 saturated heterocycles. The minimum absolute atomic E-state index is 0.173. The topological polar surface area (TPSA) is 103 Å². The Kier molecular flexibility index (Phi) is 4.53. The summed E-state index contributed by atoms with van der Waals surface area (Å²) in [6.45, 7) is 4.49. The van der Waals surface area contributed by atoms with Crippen molar-refractivity contribution >= 4 is 21.4 Å². The first-order valence-electron chi connectivity index (χ1n) is 6.06. The van der Waals surface area contributed by atoms with Crippen LogP contribution in [0.25, 0.3) is 0 Å². The first-order chi connectivity index (χ1) is 9.45. The van der Waals surface area contributed by atoms with Gasteiger partial charge in [0.05, 0.1) is 35.7 Å². The third-order valence-electron chi connectivity index (χ3n) is 2.85. The zero-order valence-corrected chi connectivity index (χ0v) is 13.0. The summed E-state index contributed by atoms with van der Waals surface area (Å²) in [6, 6.07) is 0. The Hall–Kier alpha value is -1.29. The second kappa shape index (κ2) is 6.00. The Morgan fingerprint density at radius 1 is 1.45 bits per heavy atom. The van der Waals surface area contributed by atoms with Gasteiger partial charge < -0.3 is 5.73 Å². The maximum atomic E-state index is 12.4. The van der Waals surface area contributed by atoms with Crippen molar-refractivity contribution in [3.05, 3.63) is 28.0 Å². The van der Waals surface area contributed by atoms with Crippen LogP contribution in [0.2, 0.25) is 0 Å². The van der Waals surface area contributed by atoms with E-state index in [-0.39, 0.29) is 11.4 Å². The van der Waals surface area contributed by atoms with Gasteiger partial charge >= 0.3 is 0 Å². The van der Waals surface area contributed by atoms with Gasteiger partial charge in [-0.2, -0.15) is 5.10 Å². The SMILES string of the molecule is Cc1nn(CCN)c(C)c1S(=O)(=O)NCc1cscn1. The lowest BCUT2D eigenvalue weighted by Crippen LogP contribution is -2.24. The summed E-state index contributed by atoms with van der Waals surface area (Å²) < 4.78 is 28.9. The van der Waals surface area contributed by atoms with E-state index in [1.54, 1.807) is 29.4 Å². The second-order valence-corrected chi connectivity index (χ2v) is 6.74. The number of aryl methyl sites for hydroxylation is 1. The monoisotopic (exact) mass is 315 g/mol. The molecule has 2 rings (SSSR count). The number of thiazole rings is 1. The van der Waals surface area contributed by atoms with E-state index in [4.69, 9.17) is 5.73 Å². The molecule has 0 saturated carbocycles. The van der Waals surface area contributed by atoms with Gasteiger partial charge in [0, 0.05) is 11.9 Å². The van der Waals surface area contributed by atoms with Gasteiger partial charge in [0.25, 0.3) is 0 Å². The van der Waals surface area contributed by atoms with Crippen molar-refractivity contribution in [3.63, 3.8) is 0 Å². The van der Waals surface area contributed by atoms with Gasteiger partial charge in [-0.1, -0.05) is 0 Å². The Balaban J connectivity index is 2.25. The normalized spacial score (nSPS) is 11.9. The molecule has 0 amide bonds. The van der Waals surface area contributed by atoms with Gasteiger partial charge in [0.1, 0.15) is 4.90 Å². The van der Waals surface area contributed by atoms with Gasteiger partial charge in [0.2, 0.25) is 10.0 Å². The van der Waals surface area contributed by atoms with Crippen LogP contribution >= 0.6 is 11.3 Å². The van der Waals surface area contributed by atoms with E-state index in [0.29, 0.717) is 30.2 Å². The molecule has 0 bridgehead atoms. The Bertz CT molecular complexity index is 676. The fraction of sp³-hybridized carbons (Fsp3) is 0.455. The summed E-state index contributed by atoms with van der Waals surface area (Å²) in [5.41, 5.74) is 8.92. The van der Waals surface area contributed by atoms with E-state index in [0.717, 1.165) is 0 Å². The number of aromatic nitrogens is 3. The lowest BCUT2D eigenvalue weighted by atomic mass is 10.4. The van der Waals surface area contributed by atoms with Gasteiger partial charge in [-0.15, -0.1) is 11.3 Å². The van der Waals surface area contributed by atoms with Crippen LogP contribution in [0.5, 0.6) is 0 Å². The van der Waals surface area contributed by atoms with Crippen LogP contribution in [0.4, 0.5) is 0 Å². The predicted octanol–water partition coefficient (Wildman–Crippen LogP) is 0.394. The molecule has 0 aliphatic rings. The molecule has 3 N–H and O–H groups in total. The molecule has 2 aromatic heterocycles. The van der Waals surface area contributed by atoms with Gasteiger partial charge in [0.15, 0.2) is 0 Å². The zero-order valence-electron chi connectivity index (χ0n) is 11.3. The molecule has 2 aromatic rings. The molecule has 0 aliphatic carbocycles. The lowest BCUT2D eigenvalue weighted by molar-refractivity contribution is 0.576. The van der Waals surface area contributed by atoms with Gasteiger partial charge in [-0.25, -0.2) is 18.1 Å². The highest BCUT2D eigenvalue weighted by atomic mass is 32.2. The number of hydrogen-bond acceptors (Lipinski definition) is 6. The predicted molar refractivity (Wildman–Crippen MR) is 76.9 cm³/mol. The number of rotatable bonds is 6. The van der Waals surface area contributed by atoms with Crippen LogP contribution in [0.1, 0.15) is 17.1 Å². The number of nitrogens with zero attached hydrogens (tertiary/aromatic N) is 3. The van der Waals surface area contributed by atoms with Gasteiger partial charge in [-0.3, -0.25) is 4.68 Å². The highest BCUT2D eigenvalue weighted by Gasteiger charge is 2.24. The maximum Gasteiger partial charge on any atom is 0.244 e. The van der Waals surface area contributed by atoms with Crippen molar-refractivity contribution in [2.45, 2.75) is 31.8 Å². The molecule has 7 nitrogen and oxygen atoms in total. The quantitative estimate of drug-likeness (QED) is 0.803. The van der Waals surface area contributed by atoms with E-state index in [1.807, 2.05) is 0 Å². The van der Waals surface area contributed by atoms with Crippen LogP contribution in [-0.4, -0.2) is 29.7 Å². The van der Waals surface area contributed by atoms with Crippen LogP contribution in [0.3, 0.4) is 0 Å². The molecular formula is C11H17N5O2S2. The van der Waals surface area contributed by atoms with Crippen molar-refractivity contribution in [1.29, 1.82) is 0 Å². The molecule has 2 heterocycles. The molecule has 0 aromatic carbocycles. The highest BCUT2D eigenvalue weighted by molar-refractivity contribution is 7.89. The summed E-state index contributed by atoms with van der Waals surface area (Å²) in [6.07, 6.45) is 0. The fourth-order valence-corrected chi connectivity index (χ4v) is 3.94. The van der Waals surface area contributed by atoms with Crippen molar-refractivity contribution in [3.8, 4) is 0 Å². The first kappa shape index (κ1) is 15.1. The molecular weight excluding hydrogens is 298 g/mol. The van der Waals surface area contributed by atoms with Gasteiger partial charge in [-0.05, 0) is 13.8 Å². The van der Waals surface area contributed by atoms with Crippen molar-refractivity contribution < 1.29 is 8.42 Å². The van der Waals surface area contributed by atoms with Crippen LogP contribution in [-0.2, 0) is 23.1 Å². The Morgan fingerprint density at radius 3 is 2.80 bits per heavy atom. The first-order valence-corrected chi connectivity index (χ1v) is 8.49. The summed E-state index contributed by atoms with van der Waals surface area (Å²) in [4.78, 5) is 4.27. The molecule has 0 unspecified atom stereocenters. The van der Waals surface area contributed by atoms with Crippen molar-refractivity contribution in [2.75, 3.05) is 6.54 Å². The van der Waals surface area contributed by atoms with Crippen LogP contribution in [0, 0.1) is 13.8 Å². The lowest BCUT2D eigenvalue weighted by Gasteiger charge is -2.06. The largest absolute Gasteiger partial charge is 0.329 e. The molecule has 0 atom stereocenters. The van der Waals surface area contributed by atoms with E-state index in [9.17, 15) is 8.42 Å². The molecule has 0 radical (unpaired) electrons. The maximum absolute atomic E-state index is 12.4. The smallest absolute Gasteiger partial charge is 0.244 e. The van der Waals surface area contributed by atoms with E-state index in [1.165, 1.54) is 11.3 Å². The number of nitrogens with one attached hydrogen (secondary N) is 1. The second-order valence-electron chi connectivity index (χ2n) is 4.32.